The number of imidazole rings is 1. The highest BCUT2D eigenvalue weighted by Crippen LogP contribution is 2.38. The number of hydrogen-bond donors (Lipinski definition) is 2. The monoisotopic (exact) mass is 345 g/mol. The van der Waals surface area contributed by atoms with Crippen LogP contribution in [-0.2, 0) is 0 Å². The lowest BCUT2D eigenvalue weighted by atomic mass is 10.3. The maximum absolute atomic E-state index is 13.1. The second-order valence-electron chi connectivity index (χ2n) is 3.60. The molecule has 0 saturated heterocycles. The first-order chi connectivity index (χ1) is 8.63. The van der Waals surface area contributed by atoms with E-state index in [9.17, 15) is 4.39 Å². The number of rotatable bonds is 2. The highest BCUT2D eigenvalue weighted by molar-refractivity contribution is 9.11. The standard InChI is InChI=1S/C11H6BrClFN3S/c12-10-9(6(13)4-18-10)17-11-15-7-2-1-5(14)3-8(7)16-11/h1-4H,(H2,15,16,17). The molecular formula is C11H6BrClFN3S. The third kappa shape index (κ3) is 2.11. The molecule has 1 aromatic carbocycles. The Labute approximate surface area is 119 Å². The Kier molecular flexibility index (Phi) is 3.01. The van der Waals surface area contributed by atoms with Crippen molar-refractivity contribution in [2.45, 2.75) is 0 Å². The smallest absolute Gasteiger partial charge is 0.205 e. The van der Waals surface area contributed by atoms with Crippen LogP contribution in [-0.4, -0.2) is 9.97 Å². The van der Waals surface area contributed by atoms with Gasteiger partial charge in [0.05, 0.1) is 25.5 Å². The number of nitrogens with one attached hydrogen (secondary N) is 2. The third-order valence-corrected chi connectivity index (χ3v) is 4.54. The first-order valence-corrected chi connectivity index (χ1v) is 7.03. The summed E-state index contributed by atoms with van der Waals surface area (Å²) >= 11 is 10.9. The van der Waals surface area contributed by atoms with Crippen molar-refractivity contribution in [3.8, 4) is 0 Å². The van der Waals surface area contributed by atoms with E-state index >= 15 is 0 Å². The summed E-state index contributed by atoms with van der Waals surface area (Å²) in [6, 6.07) is 4.41. The van der Waals surface area contributed by atoms with Gasteiger partial charge in [-0.3, -0.25) is 0 Å². The summed E-state index contributed by atoms with van der Waals surface area (Å²) in [7, 11) is 0. The fourth-order valence-corrected chi connectivity index (χ4v) is 3.22. The van der Waals surface area contributed by atoms with E-state index in [4.69, 9.17) is 11.6 Å². The average Bonchev–Trinajstić information content (AvgIpc) is 2.86. The van der Waals surface area contributed by atoms with Crippen LogP contribution in [0.4, 0.5) is 16.0 Å². The van der Waals surface area contributed by atoms with Crippen molar-refractivity contribution in [2.24, 2.45) is 0 Å². The van der Waals surface area contributed by atoms with E-state index in [0.717, 1.165) is 15.0 Å². The molecule has 3 nitrogen and oxygen atoms in total. The van der Waals surface area contributed by atoms with Gasteiger partial charge in [0.1, 0.15) is 5.82 Å². The fourth-order valence-electron chi connectivity index (χ4n) is 1.58. The second kappa shape index (κ2) is 4.53. The minimum Gasteiger partial charge on any atom is -0.324 e. The number of anilines is 2. The molecule has 0 radical (unpaired) electrons. The molecule has 3 aromatic rings. The molecule has 0 atom stereocenters. The lowest BCUT2D eigenvalue weighted by Gasteiger charge is -2.00. The first kappa shape index (κ1) is 12.0. The lowest BCUT2D eigenvalue weighted by molar-refractivity contribution is 0.629. The molecule has 0 saturated carbocycles. The molecule has 2 N–H and O–H groups in total. The molecule has 0 bridgehead atoms. The van der Waals surface area contributed by atoms with Gasteiger partial charge in [0.2, 0.25) is 5.95 Å². The Morgan fingerprint density at radius 3 is 3.00 bits per heavy atom. The van der Waals surface area contributed by atoms with Crippen LogP contribution in [0.1, 0.15) is 0 Å². The van der Waals surface area contributed by atoms with Crippen LogP contribution >= 0.6 is 38.9 Å². The van der Waals surface area contributed by atoms with Gasteiger partial charge in [0.25, 0.3) is 0 Å². The number of fused-ring (bicyclic) bond motifs is 1. The first-order valence-electron chi connectivity index (χ1n) is 4.98. The molecule has 7 heteroatoms. The maximum Gasteiger partial charge on any atom is 0.205 e. The number of benzene rings is 1. The second-order valence-corrected chi connectivity index (χ2v) is 6.21. The molecular weight excluding hydrogens is 341 g/mol. The van der Waals surface area contributed by atoms with Crippen LogP contribution in [0, 0.1) is 5.82 Å². The van der Waals surface area contributed by atoms with Gasteiger partial charge in [-0.05, 0) is 28.1 Å². The van der Waals surface area contributed by atoms with E-state index < -0.39 is 0 Å². The Balaban J connectivity index is 2.00. The number of thiophene rings is 1. The number of aromatic nitrogens is 2. The largest absolute Gasteiger partial charge is 0.324 e. The lowest BCUT2D eigenvalue weighted by Crippen LogP contribution is -1.91. The summed E-state index contributed by atoms with van der Waals surface area (Å²) in [5, 5.41) is 5.50. The summed E-state index contributed by atoms with van der Waals surface area (Å²) < 4.78 is 13.9. The Morgan fingerprint density at radius 1 is 1.44 bits per heavy atom. The molecule has 0 aliphatic heterocycles. The highest BCUT2D eigenvalue weighted by atomic mass is 79.9. The molecule has 18 heavy (non-hydrogen) atoms. The molecule has 0 spiro atoms. The minimum atomic E-state index is -0.310. The van der Waals surface area contributed by atoms with Crippen molar-refractivity contribution >= 4 is 61.5 Å². The van der Waals surface area contributed by atoms with Crippen molar-refractivity contribution in [2.75, 3.05) is 5.32 Å². The molecule has 92 valence electrons. The molecule has 0 aliphatic rings. The predicted octanol–water partition coefficient (Wildman–Crippen LogP) is 4.92. The molecule has 0 amide bonds. The summed E-state index contributed by atoms with van der Waals surface area (Å²) in [5.74, 6) is 0.215. The minimum absolute atomic E-state index is 0.310. The van der Waals surface area contributed by atoms with Gasteiger partial charge in [-0.25, -0.2) is 9.37 Å². The average molecular weight is 347 g/mol. The van der Waals surface area contributed by atoms with Crippen LogP contribution in [0.25, 0.3) is 11.0 Å². The summed E-state index contributed by atoms with van der Waals surface area (Å²) in [6.07, 6.45) is 0. The third-order valence-electron chi connectivity index (χ3n) is 2.39. The Bertz CT molecular complexity index is 705. The van der Waals surface area contributed by atoms with Gasteiger partial charge in [-0.1, -0.05) is 11.6 Å². The van der Waals surface area contributed by atoms with Gasteiger partial charge in [-0.2, -0.15) is 0 Å². The number of hydrogen-bond acceptors (Lipinski definition) is 3. The van der Waals surface area contributed by atoms with Gasteiger partial charge < -0.3 is 10.3 Å². The number of H-pyrrole nitrogens is 1. The van der Waals surface area contributed by atoms with Crippen LogP contribution in [0.3, 0.4) is 0 Å². The van der Waals surface area contributed by atoms with Crippen LogP contribution in [0.15, 0.2) is 27.4 Å². The molecule has 0 unspecified atom stereocenters. The van der Waals surface area contributed by atoms with Crippen molar-refractivity contribution in [3.05, 3.63) is 38.2 Å². The highest BCUT2D eigenvalue weighted by Gasteiger charge is 2.10. The topological polar surface area (TPSA) is 40.7 Å². The number of nitrogens with zero attached hydrogens (tertiary/aromatic N) is 1. The van der Waals surface area contributed by atoms with Crippen LogP contribution in [0.5, 0.6) is 0 Å². The fraction of sp³-hybridized carbons (Fsp3) is 0. The molecule has 0 aliphatic carbocycles. The van der Waals surface area contributed by atoms with Gasteiger partial charge >= 0.3 is 0 Å². The quantitative estimate of drug-likeness (QED) is 0.691. The van der Waals surface area contributed by atoms with E-state index in [1.165, 1.54) is 23.5 Å². The van der Waals surface area contributed by atoms with Gasteiger partial charge in [0.15, 0.2) is 0 Å². The number of halogens is 3. The zero-order valence-electron chi connectivity index (χ0n) is 8.80. The van der Waals surface area contributed by atoms with E-state index in [1.807, 2.05) is 5.38 Å². The number of aromatic amines is 1. The normalized spacial score (nSPS) is 11.1. The van der Waals surface area contributed by atoms with Crippen molar-refractivity contribution in [1.29, 1.82) is 0 Å². The van der Waals surface area contributed by atoms with E-state index in [1.54, 1.807) is 6.07 Å². The molecule has 2 aromatic heterocycles. The van der Waals surface area contributed by atoms with Crippen molar-refractivity contribution in [1.82, 2.24) is 9.97 Å². The van der Waals surface area contributed by atoms with Gasteiger partial charge in [0, 0.05) is 11.4 Å². The molecule has 3 rings (SSSR count). The Hall–Kier alpha value is -1.11. The van der Waals surface area contributed by atoms with E-state index in [0.29, 0.717) is 16.5 Å². The zero-order chi connectivity index (χ0) is 12.7. The zero-order valence-corrected chi connectivity index (χ0v) is 12.0. The SMILES string of the molecule is Fc1ccc2[nH]c(Nc3c(Cl)csc3Br)nc2c1. The van der Waals surface area contributed by atoms with E-state index in [-0.39, 0.29) is 5.82 Å². The van der Waals surface area contributed by atoms with Crippen molar-refractivity contribution in [3.63, 3.8) is 0 Å². The van der Waals surface area contributed by atoms with Crippen LogP contribution in [0.2, 0.25) is 5.02 Å². The van der Waals surface area contributed by atoms with E-state index in [2.05, 4.69) is 31.2 Å². The Morgan fingerprint density at radius 2 is 2.28 bits per heavy atom. The van der Waals surface area contributed by atoms with Crippen LogP contribution < -0.4 is 5.32 Å². The summed E-state index contributed by atoms with van der Waals surface area (Å²) in [5.41, 5.74) is 2.09. The summed E-state index contributed by atoms with van der Waals surface area (Å²) in [6.45, 7) is 0. The maximum atomic E-state index is 13.1. The van der Waals surface area contributed by atoms with Gasteiger partial charge in [-0.15, -0.1) is 11.3 Å². The molecule has 2 heterocycles. The predicted molar refractivity (Wildman–Crippen MR) is 76.4 cm³/mol. The van der Waals surface area contributed by atoms with Crippen molar-refractivity contribution < 1.29 is 4.39 Å². The molecule has 0 fully saturated rings. The summed E-state index contributed by atoms with van der Waals surface area (Å²) in [4.78, 5) is 7.30.